The van der Waals surface area contributed by atoms with Gasteiger partial charge in [-0.25, -0.2) is 0 Å². The van der Waals surface area contributed by atoms with Crippen molar-refractivity contribution in [2.45, 2.75) is 15.5 Å². The van der Waals surface area contributed by atoms with E-state index < -0.39 is 27.4 Å². The van der Waals surface area contributed by atoms with Crippen molar-refractivity contribution in [3.05, 3.63) is 22.2 Å². The van der Waals surface area contributed by atoms with E-state index >= 15 is 0 Å². The summed E-state index contributed by atoms with van der Waals surface area (Å²) in [6.45, 7) is 0. The van der Waals surface area contributed by atoms with Crippen LogP contribution < -0.4 is 0 Å². The van der Waals surface area contributed by atoms with Crippen molar-refractivity contribution in [2.24, 2.45) is 11.8 Å². The highest BCUT2D eigenvalue weighted by atomic mass is 35.5. The van der Waals surface area contributed by atoms with Crippen LogP contribution in [0, 0.1) is 11.8 Å². The van der Waals surface area contributed by atoms with E-state index in [2.05, 4.69) is 0 Å². The SMILES string of the molecule is COC1(OC)[C@@]2(Cl)C(Cl)=C(Cl)[C@]1(Cl)[C@@H]1C(=O)C=CC(=O)[C@@H]12. The maximum Gasteiger partial charge on any atom is 0.218 e. The molecule has 1 fully saturated rings. The lowest BCUT2D eigenvalue weighted by atomic mass is 9.74. The second-order valence-corrected chi connectivity index (χ2v) is 7.12. The minimum absolute atomic E-state index is 0.0257. The lowest BCUT2D eigenvalue weighted by Gasteiger charge is -2.40. The number of allylic oxidation sites excluding steroid dienone is 2. The first-order chi connectivity index (χ1) is 9.74. The maximum atomic E-state index is 12.3. The fourth-order valence-corrected chi connectivity index (χ4v) is 5.97. The Bertz CT molecular complexity index is 576. The molecule has 21 heavy (non-hydrogen) atoms. The number of halogens is 4. The molecule has 0 radical (unpaired) electrons. The predicted octanol–water partition coefficient (Wildman–Crippen LogP) is 2.59. The van der Waals surface area contributed by atoms with Crippen molar-refractivity contribution in [3.8, 4) is 0 Å². The number of ketones is 2. The summed E-state index contributed by atoms with van der Waals surface area (Å²) >= 11 is 25.8. The van der Waals surface area contributed by atoms with Crippen LogP contribution in [0.4, 0.5) is 0 Å². The Labute approximate surface area is 140 Å². The van der Waals surface area contributed by atoms with Crippen molar-refractivity contribution in [1.82, 2.24) is 0 Å². The minimum Gasteiger partial charge on any atom is -0.350 e. The van der Waals surface area contributed by atoms with Crippen molar-refractivity contribution >= 4 is 58.0 Å². The van der Waals surface area contributed by atoms with Crippen LogP contribution in [0.3, 0.4) is 0 Å². The quantitative estimate of drug-likeness (QED) is 0.553. The van der Waals surface area contributed by atoms with Crippen molar-refractivity contribution in [1.29, 1.82) is 0 Å². The Morgan fingerprint density at radius 1 is 0.905 bits per heavy atom. The Balaban J connectivity index is 2.39. The first-order valence-corrected chi connectivity index (χ1v) is 7.55. The topological polar surface area (TPSA) is 52.6 Å². The Morgan fingerprint density at radius 2 is 1.24 bits per heavy atom. The third-order valence-corrected chi connectivity index (χ3v) is 7.19. The van der Waals surface area contributed by atoms with E-state index in [-0.39, 0.29) is 21.6 Å². The summed E-state index contributed by atoms with van der Waals surface area (Å²) in [5.74, 6) is -4.44. The third kappa shape index (κ3) is 1.34. The molecule has 3 rings (SSSR count). The van der Waals surface area contributed by atoms with Crippen molar-refractivity contribution in [3.63, 3.8) is 0 Å². The summed E-state index contributed by atoms with van der Waals surface area (Å²) in [7, 11) is 2.63. The molecule has 4 atom stereocenters. The van der Waals surface area contributed by atoms with Crippen LogP contribution >= 0.6 is 46.4 Å². The van der Waals surface area contributed by atoms with Gasteiger partial charge in [0.05, 0.1) is 21.9 Å². The van der Waals surface area contributed by atoms with Gasteiger partial charge in [0.15, 0.2) is 11.6 Å². The molecule has 0 heterocycles. The Morgan fingerprint density at radius 3 is 1.52 bits per heavy atom. The Kier molecular flexibility index (Phi) is 3.36. The fourth-order valence-electron chi connectivity index (χ4n) is 3.78. The molecule has 3 aliphatic carbocycles. The number of carbonyl (C=O) groups excluding carboxylic acids is 2. The Hall–Kier alpha value is -0.100. The number of ether oxygens (including phenoxy) is 2. The summed E-state index contributed by atoms with van der Waals surface area (Å²) in [5.41, 5.74) is 0. The summed E-state index contributed by atoms with van der Waals surface area (Å²) in [6, 6.07) is 0. The molecule has 0 N–H and O–H groups in total. The second kappa shape index (κ2) is 4.47. The average molecular weight is 372 g/mol. The highest BCUT2D eigenvalue weighted by Crippen LogP contribution is 2.74. The van der Waals surface area contributed by atoms with E-state index in [4.69, 9.17) is 55.9 Å². The fraction of sp³-hybridized carbons (Fsp3) is 0.538. The molecule has 3 aliphatic rings. The molecule has 0 aromatic rings. The first kappa shape index (κ1) is 15.8. The van der Waals surface area contributed by atoms with Gasteiger partial charge in [-0.3, -0.25) is 9.59 Å². The standard InChI is InChI=1S/C13H10Cl4O4/c1-20-13(21-2)11(16)7-5(18)3-4-6(19)8(7)12(13,17)10(15)9(11)14/h3-4,7-8H,1-2H3/t7-,8+,11-,12+. The van der Waals surface area contributed by atoms with Gasteiger partial charge >= 0.3 is 0 Å². The highest BCUT2D eigenvalue weighted by Gasteiger charge is 2.87. The second-order valence-electron chi connectivity index (χ2n) is 5.17. The van der Waals surface area contributed by atoms with Gasteiger partial charge in [0.2, 0.25) is 5.79 Å². The molecule has 1 saturated carbocycles. The van der Waals surface area contributed by atoms with Crippen LogP contribution in [-0.2, 0) is 19.1 Å². The summed E-state index contributed by atoms with van der Waals surface area (Å²) in [4.78, 5) is 21.3. The number of hydrogen-bond acceptors (Lipinski definition) is 4. The van der Waals surface area contributed by atoms with Crippen LogP contribution in [0.15, 0.2) is 22.2 Å². The van der Waals surface area contributed by atoms with Gasteiger partial charge in [-0.05, 0) is 12.2 Å². The lowest BCUT2D eigenvalue weighted by molar-refractivity contribution is -0.220. The number of rotatable bonds is 2. The molecule has 2 bridgehead atoms. The molecular weight excluding hydrogens is 362 g/mol. The van der Waals surface area contributed by atoms with Crippen molar-refractivity contribution in [2.75, 3.05) is 14.2 Å². The summed E-state index contributed by atoms with van der Waals surface area (Å²) in [6.07, 6.45) is 2.34. The first-order valence-electron chi connectivity index (χ1n) is 6.04. The van der Waals surface area contributed by atoms with Crippen LogP contribution in [0.2, 0.25) is 0 Å². The average Bonchev–Trinajstić information content (AvgIpc) is 2.72. The van der Waals surface area contributed by atoms with Gasteiger partial charge < -0.3 is 9.47 Å². The van der Waals surface area contributed by atoms with E-state index in [9.17, 15) is 9.59 Å². The largest absolute Gasteiger partial charge is 0.350 e. The number of hydrogen-bond donors (Lipinski definition) is 0. The zero-order valence-corrected chi connectivity index (χ0v) is 14.0. The number of methoxy groups -OCH3 is 2. The lowest BCUT2D eigenvalue weighted by Crippen LogP contribution is -2.58. The van der Waals surface area contributed by atoms with E-state index in [1.54, 1.807) is 0 Å². The van der Waals surface area contributed by atoms with Gasteiger partial charge in [0.25, 0.3) is 0 Å². The number of carbonyl (C=O) groups is 2. The van der Waals surface area contributed by atoms with Crippen LogP contribution in [-0.4, -0.2) is 41.3 Å². The third-order valence-electron chi connectivity index (χ3n) is 4.58. The van der Waals surface area contributed by atoms with E-state index in [0.29, 0.717) is 0 Å². The number of fused-ring (bicyclic) bond motifs is 5. The zero-order chi connectivity index (χ0) is 15.8. The molecule has 0 aromatic heterocycles. The molecule has 0 amide bonds. The maximum absolute atomic E-state index is 12.3. The van der Waals surface area contributed by atoms with Gasteiger partial charge in [0.1, 0.15) is 9.75 Å². The van der Waals surface area contributed by atoms with Crippen molar-refractivity contribution < 1.29 is 19.1 Å². The minimum atomic E-state index is -1.72. The predicted molar refractivity (Wildman–Crippen MR) is 78.8 cm³/mol. The molecule has 4 nitrogen and oxygen atoms in total. The summed E-state index contributed by atoms with van der Waals surface area (Å²) < 4.78 is 10.9. The highest BCUT2D eigenvalue weighted by molar-refractivity contribution is 6.53. The van der Waals surface area contributed by atoms with E-state index in [0.717, 1.165) is 0 Å². The molecule has 0 aliphatic heterocycles. The molecule has 0 spiro atoms. The molecule has 114 valence electrons. The molecule has 0 unspecified atom stereocenters. The molecular formula is C13H10Cl4O4. The van der Waals surface area contributed by atoms with Crippen LogP contribution in [0.5, 0.6) is 0 Å². The zero-order valence-electron chi connectivity index (χ0n) is 11.0. The van der Waals surface area contributed by atoms with E-state index in [1.807, 2.05) is 0 Å². The smallest absolute Gasteiger partial charge is 0.218 e. The molecule has 8 heteroatoms. The normalized spacial score (nSPS) is 43.7. The summed E-state index contributed by atoms with van der Waals surface area (Å²) in [5, 5.41) is -0.0514. The van der Waals surface area contributed by atoms with E-state index in [1.165, 1.54) is 26.4 Å². The number of alkyl halides is 2. The van der Waals surface area contributed by atoms with Crippen LogP contribution in [0.25, 0.3) is 0 Å². The molecule has 0 aromatic carbocycles. The molecule has 0 saturated heterocycles. The van der Waals surface area contributed by atoms with Gasteiger partial charge in [-0.2, -0.15) is 0 Å². The van der Waals surface area contributed by atoms with Gasteiger partial charge in [0, 0.05) is 14.2 Å². The van der Waals surface area contributed by atoms with Gasteiger partial charge in [-0.15, -0.1) is 23.2 Å². The van der Waals surface area contributed by atoms with Crippen LogP contribution in [0.1, 0.15) is 0 Å². The monoisotopic (exact) mass is 370 g/mol. The van der Waals surface area contributed by atoms with Gasteiger partial charge in [-0.1, -0.05) is 23.2 Å².